The molecule has 0 aliphatic carbocycles. The maximum atomic E-state index is 13.6. The zero-order valence-corrected chi connectivity index (χ0v) is 44.4. The number of ether oxygens (including phenoxy) is 5. The summed E-state index contributed by atoms with van der Waals surface area (Å²) >= 11 is 0. The van der Waals surface area contributed by atoms with Gasteiger partial charge >= 0.3 is 17.9 Å². The van der Waals surface area contributed by atoms with Gasteiger partial charge in [-0.05, 0) is 67.8 Å². The number of benzene rings is 4. The van der Waals surface area contributed by atoms with E-state index in [0.717, 1.165) is 83.1 Å². The third-order valence-corrected chi connectivity index (χ3v) is 13.0. The van der Waals surface area contributed by atoms with Gasteiger partial charge < -0.3 is 33.5 Å². The van der Waals surface area contributed by atoms with Crippen LogP contribution in [0.15, 0.2) is 122 Å². The second-order valence-electron chi connectivity index (χ2n) is 18.8. The summed E-state index contributed by atoms with van der Waals surface area (Å²) in [5.41, 5.74) is 0.996. The second-order valence-corrected chi connectivity index (χ2v) is 18.8. The van der Waals surface area contributed by atoms with Gasteiger partial charge in [-0.1, -0.05) is 152 Å². The minimum absolute atomic E-state index is 0.0705. The molecule has 2 amide bonds. The molecule has 0 heterocycles. The van der Waals surface area contributed by atoms with E-state index in [9.17, 15) is 33.6 Å². The first kappa shape index (κ1) is 60.5. The van der Waals surface area contributed by atoms with Gasteiger partial charge in [-0.2, -0.15) is 0 Å². The smallest absolute Gasteiger partial charge is 0.330 e. The number of rotatable bonds is 38. The lowest BCUT2D eigenvalue weighted by Crippen LogP contribution is -2.40. The number of carbonyl (C=O) groups is 7. The molecule has 0 radical (unpaired) electrons. The summed E-state index contributed by atoms with van der Waals surface area (Å²) in [6, 6.07) is 31.1. The monoisotopic (exact) mass is 1030 g/mol. The van der Waals surface area contributed by atoms with Crippen LogP contribution in [0, 0.1) is 5.41 Å². The zero-order valence-electron chi connectivity index (χ0n) is 44.4. The molecular weight excluding hydrogens is 953 g/mol. The van der Waals surface area contributed by atoms with E-state index in [1.165, 1.54) is 0 Å². The summed E-state index contributed by atoms with van der Waals surface area (Å²) in [6.07, 6.45) is 13.1. The van der Waals surface area contributed by atoms with Crippen molar-refractivity contribution in [1.29, 1.82) is 0 Å². The summed E-state index contributed by atoms with van der Waals surface area (Å²) in [5.74, 6) is -1.93. The Balaban J connectivity index is 1.33. The van der Waals surface area contributed by atoms with Crippen LogP contribution in [-0.2, 0) is 38.2 Å². The number of hydrogen-bond acceptors (Lipinski definition) is 12. The molecule has 0 aliphatic heterocycles. The van der Waals surface area contributed by atoms with Crippen LogP contribution < -0.4 is 9.47 Å². The van der Waals surface area contributed by atoms with Gasteiger partial charge in [-0.25, -0.2) is 4.79 Å². The van der Waals surface area contributed by atoms with Crippen molar-refractivity contribution in [2.45, 2.75) is 117 Å². The van der Waals surface area contributed by atoms with Crippen molar-refractivity contribution in [3.05, 3.63) is 144 Å². The maximum Gasteiger partial charge on any atom is 0.330 e. The Morgan fingerprint density at radius 1 is 0.453 bits per heavy atom. The van der Waals surface area contributed by atoms with Gasteiger partial charge in [-0.15, -0.1) is 0 Å². The fourth-order valence-corrected chi connectivity index (χ4v) is 8.06. The zero-order chi connectivity index (χ0) is 54.1. The molecule has 4 aromatic carbocycles. The average molecular weight is 1030 g/mol. The molecule has 0 saturated carbocycles. The van der Waals surface area contributed by atoms with E-state index in [-0.39, 0.29) is 82.3 Å². The molecule has 0 aromatic heterocycles. The van der Waals surface area contributed by atoms with Crippen molar-refractivity contribution >= 4 is 41.3 Å². The standard InChI is InChI=1S/C61H78N2O12/c1-5-9-11-13-15-23-39-62(54(64)43-71-52-33-29-50(30-34-52)59(69)48-25-19-17-20-26-48)41-37-57(67)74-46-61(8-4,45-73-56(66)7-3)47-75-58(68)38-42-63(40-24-16-14-12-10-6-2)55(65)44-72-53-35-31-51(32-36-53)60(70)49-27-21-18-22-28-49/h7,17-22,25-36H,3,5-6,8-16,23-24,37-47H2,1-2,4H3. The molecule has 0 unspecified atom stereocenters. The molecule has 404 valence electrons. The topological polar surface area (TPSA) is 172 Å². The van der Waals surface area contributed by atoms with Crippen molar-refractivity contribution in [3.63, 3.8) is 0 Å². The number of unbranched alkanes of at least 4 members (excludes halogenated alkanes) is 10. The minimum Gasteiger partial charge on any atom is -0.484 e. The molecular formula is C61H78N2O12. The Morgan fingerprint density at radius 2 is 0.813 bits per heavy atom. The lowest BCUT2D eigenvalue weighted by Gasteiger charge is -2.31. The largest absolute Gasteiger partial charge is 0.484 e. The van der Waals surface area contributed by atoms with Crippen LogP contribution in [0.25, 0.3) is 0 Å². The number of hydrogen-bond donors (Lipinski definition) is 0. The molecule has 0 saturated heterocycles. The fourth-order valence-electron chi connectivity index (χ4n) is 8.06. The van der Waals surface area contributed by atoms with Crippen molar-refractivity contribution in [3.8, 4) is 11.5 Å². The van der Waals surface area contributed by atoms with Crippen LogP contribution in [0.5, 0.6) is 11.5 Å². The van der Waals surface area contributed by atoms with Gasteiger partial charge in [0.25, 0.3) is 11.8 Å². The Hall–Kier alpha value is -7.09. The van der Waals surface area contributed by atoms with Crippen molar-refractivity contribution < 1.29 is 57.2 Å². The van der Waals surface area contributed by atoms with Crippen LogP contribution in [0.2, 0.25) is 0 Å². The summed E-state index contributed by atoms with van der Waals surface area (Å²) in [6.45, 7) is 9.26. The van der Waals surface area contributed by atoms with Crippen LogP contribution >= 0.6 is 0 Å². The van der Waals surface area contributed by atoms with Gasteiger partial charge in [0.05, 0.1) is 18.3 Å². The molecule has 0 fully saturated rings. The molecule has 14 nitrogen and oxygen atoms in total. The molecule has 75 heavy (non-hydrogen) atoms. The molecule has 14 heteroatoms. The van der Waals surface area contributed by atoms with E-state index in [4.69, 9.17) is 23.7 Å². The van der Waals surface area contributed by atoms with Crippen LogP contribution in [0.3, 0.4) is 0 Å². The number of amides is 2. The Bertz CT molecular complexity index is 2220. The van der Waals surface area contributed by atoms with Crippen molar-refractivity contribution in [1.82, 2.24) is 9.80 Å². The van der Waals surface area contributed by atoms with Gasteiger partial charge in [0.15, 0.2) is 24.8 Å². The molecule has 0 bridgehead atoms. The highest BCUT2D eigenvalue weighted by molar-refractivity contribution is 6.09. The highest BCUT2D eigenvalue weighted by atomic mass is 16.6. The first-order valence-electron chi connectivity index (χ1n) is 26.7. The first-order chi connectivity index (χ1) is 36.4. The molecule has 0 N–H and O–H groups in total. The van der Waals surface area contributed by atoms with E-state index in [1.807, 2.05) is 12.1 Å². The average Bonchev–Trinajstić information content (AvgIpc) is 3.45. The van der Waals surface area contributed by atoms with E-state index in [1.54, 1.807) is 114 Å². The quantitative estimate of drug-likeness (QED) is 0.0137. The highest BCUT2D eigenvalue weighted by Crippen LogP contribution is 2.26. The third-order valence-electron chi connectivity index (χ3n) is 13.0. The summed E-state index contributed by atoms with van der Waals surface area (Å²) in [4.78, 5) is 95.2. The van der Waals surface area contributed by atoms with Gasteiger partial charge in [0.2, 0.25) is 0 Å². The summed E-state index contributed by atoms with van der Waals surface area (Å²) in [7, 11) is 0. The van der Waals surface area contributed by atoms with Crippen molar-refractivity contribution in [2.24, 2.45) is 5.41 Å². The second kappa shape index (κ2) is 34.4. The van der Waals surface area contributed by atoms with Crippen LogP contribution in [-0.4, -0.2) is 110 Å². The number of ketones is 2. The predicted octanol–water partition coefficient (Wildman–Crippen LogP) is 11.0. The Morgan fingerprint density at radius 3 is 1.19 bits per heavy atom. The molecule has 0 atom stereocenters. The van der Waals surface area contributed by atoms with Gasteiger partial charge in [-0.3, -0.25) is 28.8 Å². The number of nitrogens with zero attached hydrogens (tertiary/aromatic N) is 2. The van der Waals surface area contributed by atoms with E-state index in [2.05, 4.69) is 20.4 Å². The third kappa shape index (κ3) is 22.5. The predicted molar refractivity (Wildman–Crippen MR) is 289 cm³/mol. The van der Waals surface area contributed by atoms with Gasteiger partial charge in [0, 0.05) is 54.5 Å². The van der Waals surface area contributed by atoms with E-state index >= 15 is 0 Å². The van der Waals surface area contributed by atoms with Gasteiger partial charge in [0.1, 0.15) is 31.3 Å². The van der Waals surface area contributed by atoms with Crippen LogP contribution in [0.4, 0.5) is 0 Å². The minimum atomic E-state index is -1.11. The molecule has 0 spiro atoms. The lowest BCUT2D eigenvalue weighted by molar-refractivity contribution is -0.160. The Kier molecular flexibility index (Phi) is 27.7. The maximum absolute atomic E-state index is 13.6. The fraction of sp³-hybridized carbons (Fsp3) is 0.459. The Labute approximate surface area is 444 Å². The van der Waals surface area contributed by atoms with Crippen LogP contribution in [0.1, 0.15) is 149 Å². The van der Waals surface area contributed by atoms with Crippen molar-refractivity contribution in [2.75, 3.05) is 59.2 Å². The normalized spacial score (nSPS) is 11.0. The number of carbonyl (C=O) groups excluding carboxylic acids is 7. The summed E-state index contributed by atoms with van der Waals surface area (Å²) in [5, 5.41) is 0. The summed E-state index contributed by atoms with van der Waals surface area (Å²) < 4.78 is 28.7. The molecule has 0 aliphatic rings. The van der Waals surface area contributed by atoms with E-state index in [0.29, 0.717) is 53.3 Å². The highest BCUT2D eigenvalue weighted by Gasteiger charge is 2.34. The van der Waals surface area contributed by atoms with E-state index < -0.39 is 23.3 Å². The number of esters is 3. The lowest BCUT2D eigenvalue weighted by atomic mass is 9.88. The molecule has 4 aromatic rings. The molecule has 4 rings (SSSR count). The SMILES string of the molecule is C=CC(=O)OCC(CC)(COC(=O)CCN(CCCCCCCC)C(=O)COc1ccc(C(=O)c2ccccc2)cc1)COC(=O)CCN(CCCCCCCC)C(=O)COc1ccc(C(=O)c2ccccc2)cc1. The first-order valence-corrected chi connectivity index (χ1v) is 26.7.